The lowest BCUT2D eigenvalue weighted by molar-refractivity contribution is 0.808. The van der Waals surface area contributed by atoms with Gasteiger partial charge in [0.1, 0.15) is 5.82 Å². The Balaban J connectivity index is 2.54. The fraction of sp³-hybridized carbons (Fsp3) is 0.333. The molecule has 0 saturated carbocycles. The van der Waals surface area contributed by atoms with E-state index in [1.165, 1.54) is 0 Å². The zero-order valence-corrected chi connectivity index (χ0v) is 9.96. The molecule has 0 unspecified atom stereocenters. The van der Waals surface area contributed by atoms with Crippen LogP contribution in [0.1, 0.15) is 17.9 Å². The Labute approximate surface area is 99.7 Å². The molecule has 0 amide bonds. The van der Waals surface area contributed by atoms with Crippen molar-refractivity contribution >= 4 is 22.5 Å². The number of aryl methyl sites for hydroxylation is 2. The topological polar surface area (TPSA) is 51.8 Å². The van der Waals surface area contributed by atoms with Crippen molar-refractivity contribution in [3.8, 4) is 0 Å². The molecule has 1 aromatic heterocycles. The predicted molar refractivity (Wildman–Crippen MR) is 66.7 cm³/mol. The number of halogens is 1. The smallest absolute Gasteiger partial charge is 0.126 e. The summed E-state index contributed by atoms with van der Waals surface area (Å²) in [4.78, 5) is 8.84. The van der Waals surface area contributed by atoms with Gasteiger partial charge in [-0.1, -0.05) is 11.6 Å². The summed E-state index contributed by atoms with van der Waals surface area (Å²) >= 11 is 5.95. The average molecular weight is 236 g/mol. The first-order valence-corrected chi connectivity index (χ1v) is 5.71. The first-order chi connectivity index (χ1) is 7.70. The molecule has 2 rings (SSSR count). The van der Waals surface area contributed by atoms with Gasteiger partial charge in [-0.2, -0.15) is 0 Å². The number of nitrogens with two attached hydrogens (primary N) is 1. The summed E-state index contributed by atoms with van der Waals surface area (Å²) in [6.07, 6.45) is 1.83. The fourth-order valence-corrected chi connectivity index (χ4v) is 1.92. The molecular formula is C12H14ClN3. The Hall–Kier alpha value is -1.19. The van der Waals surface area contributed by atoms with Crippen molar-refractivity contribution in [3.05, 3.63) is 34.7 Å². The second-order valence-electron chi connectivity index (χ2n) is 3.77. The molecular weight excluding hydrogens is 222 g/mol. The molecule has 84 valence electrons. The highest BCUT2D eigenvalue weighted by Crippen LogP contribution is 2.21. The van der Waals surface area contributed by atoms with E-state index >= 15 is 0 Å². The third-order valence-electron chi connectivity index (χ3n) is 2.47. The van der Waals surface area contributed by atoms with Crippen LogP contribution in [0.4, 0.5) is 0 Å². The SMILES string of the molecule is Cc1nc(CCCN)c2ccc(Cl)cc2n1. The molecule has 1 aromatic carbocycles. The van der Waals surface area contributed by atoms with Crippen LogP contribution >= 0.6 is 11.6 Å². The van der Waals surface area contributed by atoms with Crippen LogP contribution in [0.5, 0.6) is 0 Å². The minimum atomic E-state index is 0.679. The van der Waals surface area contributed by atoms with E-state index in [1.54, 1.807) is 0 Å². The zero-order chi connectivity index (χ0) is 11.5. The molecule has 2 N–H and O–H groups in total. The zero-order valence-electron chi connectivity index (χ0n) is 9.20. The summed E-state index contributed by atoms with van der Waals surface area (Å²) in [5.74, 6) is 0.779. The lowest BCUT2D eigenvalue weighted by Crippen LogP contribution is -2.03. The molecule has 3 nitrogen and oxygen atoms in total. The molecule has 2 aromatic rings. The maximum absolute atomic E-state index is 5.95. The van der Waals surface area contributed by atoms with Gasteiger partial charge in [-0.05, 0) is 44.5 Å². The Morgan fingerprint density at radius 2 is 2.12 bits per heavy atom. The van der Waals surface area contributed by atoms with Crippen molar-refractivity contribution in [2.45, 2.75) is 19.8 Å². The van der Waals surface area contributed by atoms with Gasteiger partial charge in [0.05, 0.1) is 11.2 Å². The minimum Gasteiger partial charge on any atom is -0.330 e. The van der Waals surface area contributed by atoms with E-state index in [0.717, 1.165) is 35.3 Å². The Kier molecular flexibility index (Phi) is 3.36. The van der Waals surface area contributed by atoms with E-state index in [-0.39, 0.29) is 0 Å². The van der Waals surface area contributed by atoms with Gasteiger partial charge in [0.25, 0.3) is 0 Å². The lowest BCUT2D eigenvalue weighted by Gasteiger charge is -2.06. The highest BCUT2D eigenvalue weighted by atomic mass is 35.5. The normalized spacial score (nSPS) is 10.9. The molecule has 16 heavy (non-hydrogen) atoms. The number of aromatic nitrogens is 2. The Bertz CT molecular complexity index is 506. The number of fused-ring (bicyclic) bond motifs is 1. The van der Waals surface area contributed by atoms with E-state index in [0.29, 0.717) is 11.6 Å². The molecule has 0 atom stereocenters. The van der Waals surface area contributed by atoms with Gasteiger partial charge in [-0.15, -0.1) is 0 Å². The van der Waals surface area contributed by atoms with E-state index < -0.39 is 0 Å². The highest BCUT2D eigenvalue weighted by Gasteiger charge is 2.05. The number of nitrogens with zero attached hydrogens (tertiary/aromatic N) is 2. The highest BCUT2D eigenvalue weighted by molar-refractivity contribution is 6.31. The monoisotopic (exact) mass is 235 g/mol. The van der Waals surface area contributed by atoms with Crippen molar-refractivity contribution in [2.75, 3.05) is 6.54 Å². The molecule has 0 spiro atoms. The van der Waals surface area contributed by atoms with Crippen molar-refractivity contribution < 1.29 is 0 Å². The average Bonchev–Trinajstić information content (AvgIpc) is 2.25. The molecule has 0 bridgehead atoms. The van der Waals surface area contributed by atoms with Gasteiger partial charge >= 0.3 is 0 Å². The number of hydrogen-bond donors (Lipinski definition) is 1. The molecule has 0 aliphatic heterocycles. The Morgan fingerprint density at radius 3 is 2.88 bits per heavy atom. The summed E-state index contributed by atoms with van der Waals surface area (Å²) < 4.78 is 0. The van der Waals surface area contributed by atoms with Crippen LogP contribution in [0.3, 0.4) is 0 Å². The van der Waals surface area contributed by atoms with E-state index in [4.69, 9.17) is 17.3 Å². The summed E-state index contributed by atoms with van der Waals surface area (Å²) in [7, 11) is 0. The van der Waals surface area contributed by atoms with Crippen LogP contribution in [-0.2, 0) is 6.42 Å². The van der Waals surface area contributed by atoms with Crippen LogP contribution in [0.15, 0.2) is 18.2 Å². The summed E-state index contributed by atoms with van der Waals surface area (Å²) in [6.45, 7) is 2.57. The maximum Gasteiger partial charge on any atom is 0.126 e. The first kappa shape index (κ1) is 11.3. The quantitative estimate of drug-likeness (QED) is 0.889. The third-order valence-corrected chi connectivity index (χ3v) is 2.70. The number of benzene rings is 1. The summed E-state index contributed by atoms with van der Waals surface area (Å²) in [5.41, 5.74) is 7.49. The van der Waals surface area contributed by atoms with Gasteiger partial charge < -0.3 is 5.73 Å². The molecule has 1 heterocycles. The van der Waals surface area contributed by atoms with Crippen LogP contribution in [0.2, 0.25) is 5.02 Å². The third kappa shape index (κ3) is 2.31. The van der Waals surface area contributed by atoms with Gasteiger partial charge in [-0.3, -0.25) is 0 Å². The van der Waals surface area contributed by atoms with Crippen molar-refractivity contribution in [1.29, 1.82) is 0 Å². The van der Waals surface area contributed by atoms with Crippen molar-refractivity contribution in [3.63, 3.8) is 0 Å². The van der Waals surface area contributed by atoms with E-state index in [2.05, 4.69) is 9.97 Å². The molecule has 0 aliphatic rings. The van der Waals surface area contributed by atoms with Crippen molar-refractivity contribution in [2.24, 2.45) is 5.73 Å². The van der Waals surface area contributed by atoms with E-state index in [1.807, 2.05) is 25.1 Å². The van der Waals surface area contributed by atoms with Gasteiger partial charge in [-0.25, -0.2) is 9.97 Å². The standard InChI is InChI=1S/C12H14ClN3/c1-8-15-11(3-2-6-14)10-5-4-9(13)7-12(10)16-8/h4-5,7H,2-3,6,14H2,1H3. The molecule has 0 radical (unpaired) electrons. The van der Waals surface area contributed by atoms with Crippen LogP contribution in [-0.4, -0.2) is 16.5 Å². The molecule has 0 fully saturated rings. The molecule has 4 heteroatoms. The minimum absolute atomic E-state index is 0.679. The second-order valence-corrected chi connectivity index (χ2v) is 4.21. The van der Waals surface area contributed by atoms with Crippen LogP contribution < -0.4 is 5.73 Å². The number of rotatable bonds is 3. The second kappa shape index (κ2) is 4.76. The van der Waals surface area contributed by atoms with E-state index in [9.17, 15) is 0 Å². The van der Waals surface area contributed by atoms with Gasteiger partial charge in [0, 0.05) is 10.4 Å². The predicted octanol–water partition coefficient (Wildman–Crippen LogP) is 2.48. The summed E-state index contributed by atoms with van der Waals surface area (Å²) in [5, 5.41) is 1.78. The van der Waals surface area contributed by atoms with Crippen LogP contribution in [0, 0.1) is 6.92 Å². The molecule has 0 aliphatic carbocycles. The largest absolute Gasteiger partial charge is 0.330 e. The Morgan fingerprint density at radius 1 is 1.31 bits per heavy atom. The van der Waals surface area contributed by atoms with Gasteiger partial charge in [0.15, 0.2) is 0 Å². The summed E-state index contributed by atoms with van der Waals surface area (Å²) in [6, 6.07) is 5.72. The lowest BCUT2D eigenvalue weighted by atomic mass is 10.1. The molecule has 0 saturated heterocycles. The van der Waals surface area contributed by atoms with Crippen LogP contribution in [0.25, 0.3) is 10.9 Å². The van der Waals surface area contributed by atoms with Crippen molar-refractivity contribution in [1.82, 2.24) is 9.97 Å². The first-order valence-electron chi connectivity index (χ1n) is 5.33. The van der Waals surface area contributed by atoms with Gasteiger partial charge in [0.2, 0.25) is 0 Å². The maximum atomic E-state index is 5.95. The fourth-order valence-electron chi connectivity index (χ4n) is 1.76. The number of hydrogen-bond acceptors (Lipinski definition) is 3.